The first-order valence-electron chi connectivity index (χ1n) is 3.91. The van der Waals surface area contributed by atoms with Crippen molar-refractivity contribution in [1.29, 1.82) is 0 Å². The Balaban J connectivity index is 2.97. The number of ether oxygens (including phenoxy) is 2. The fraction of sp³-hybridized carbons (Fsp3) is 1.00. The smallest absolute Gasteiger partial charge is 0.0780 e. The van der Waals surface area contributed by atoms with Crippen molar-refractivity contribution in [2.45, 2.75) is 32.8 Å². The van der Waals surface area contributed by atoms with Gasteiger partial charge in [0.1, 0.15) is 0 Å². The highest BCUT2D eigenvalue weighted by Crippen LogP contribution is 1.94. The first-order valence-corrected chi connectivity index (χ1v) is 3.91. The van der Waals surface area contributed by atoms with Crippen molar-refractivity contribution in [3.05, 3.63) is 0 Å². The first-order chi connectivity index (χ1) is 4.81. The van der Waals surface area contributed by atoms with Crippen molar-refractivity contribution in [2.75, 3.05) is 20.3 Å². The van der Waals surface area contributed by atoms with E-state index in [1.165, 1.54) is 6.42 Å². The number of rotatable bonds is 6. The van der Waals surface area contributed by atoms with Crippen LogP contribution in [0.2, 0.25) is 0 Å². The molecule has 0 radical (unpaired) electrons. The maximum Gasteiger partial charge on any atom is 0.0780 e. The molecular formula is C8H18O2. The van der Waals surface area contributed by atoms with E-state index < -0.39 is 0 Å². The molecule has 0 aromatic carbocycles. The zero-order valence-electron chi connectivity index (χ0n) is 7.22. The molecule has 0 saturated carbocycles. The van der Waals surface area contributed by atoms with Gasteiger partial charge in [0.2, 0.25) is 0 Å². The quantitative estimate of drug-likeness (QED) is 0.532. The molecule has 0 aromatic rings. The Morgan fingerprint density at radius 2 is 2.10 bits per heavy atom. The summed E-state index contributed by atoms with van der Waals surface area (Å²) in [6.07, 6.45) is 2.59. The van der Waals surface area contributed by atoms with Crippen LogP contribution in [0.1, 0.15) is 26.7 Å². The zero-order chi connectivity index (χ0) is 7.82. The van der Waals surface area contributed by atoms with Crippen LogP contribution >= 0.6 is 0 Å². The van der Waals surface area contributed by atoms with Gasteiger partial charge in [0.05, 0.1) is 12.7 Å². The summed E-state index contributed by atoms with van der Waals surface area (Å²) >= 11 is 0. The third-order valence-electron chi connectivity index (χ3n) is 1.30. The SMILES string of the molecule is CCCCOC(C)COC. The second-order valence-electron chi connectivity index (χ2n) is 2.49. The minimum atomic E-state index is 0.247. The summed E-state index contributed by atoms with van der Waals surface area (Å²) in [7, 11) is 1.69. The Labute approximate surface area is 63.5 Å². The monoisotopic (exact) mass is 146 g/mol. The van der Waals surface area contributed by atoms with Crippen LogP contribution in [0, 0.1) is 0 Å². The molecule has 62 valence electrons. The third-order valence-corrected chi connectivity index (χ3v) is 1.30. The molecule has 0 aliphatic rings. The van der Waals surface area contributed by atoms with Gasteiger partial charge >= 0.3 is 0 Å². The van der Waals surface area contributed by atoms with Gasteiger partial charge < -0.3 is 9.47 Å². The Hall–Kier alpha value is -0.0800. The van der Waals surface area contributed by atoms with Crippen LogP contribution in [0.5, 0.6) is 0 Å². The van der Waals surface area contributed by atoms with E-state index in [1.54, 1.807) is 7.11 Å². The standard InChI is InChI=1S/C8H18O2/c1-4-5-6-10-8(2)7-9-3/h8H,4-7H2,1-3H3. The second kappa shape index (κ2) is 7.03. The normalized spacial score (nSPS) is 13.5. The van der Waals surface area contributed by atoms with E-state index in [2.05, 4.69) is 6.92 Å². The molecule has 0 heterocycles. The Kier molecular flexibility index (Phi) is 6.98. The Bertz CT molecular complexity index is 64.3. The highest BCUT2D eigenvalue weighted by Gasteiger charge is 1.98. The van der Waals surface area contributed by atoms with Crippen LogP contribution in [0.4, 0.5) is 0 Å². The fourth-order valence-electron chi connectivity index (χ4n) is 0.712. The van der Waals surface area contributed by atoms with Crippen molar-refractivity contribution < 1.29 is 9.47 Å². The molecule has 0 saturated heterocycles. The highest BCUT2D eigenvalue weighted by atomic mass is 16.5. The van der Waals surface area contributed by atoms with Gasteiger partial charge in [-0.2, -0.15) is 0 Å². The molecule has 0 N–H and O–H groups in total. The maximum atomic E-state index is 5.40. The van der Waals surface area contributed by atoms with Crippen molar-refractivity contribution in [3.8, 4) is 0 Å². The largest absolute Gasteiger partial charge is 0.382 e. The zero-order valence-corrected chi connectivity index (χ0v) is 7.22. The van der Waals surface area contributed by atoms with Crippen molar-refractivity contribution in [1.82, 2.24) is 0 Å². The predicted octanol–water partition coefficient (Wildman–Crippen LogP) is 1.84. The van der Waals surface area contributed by atoms with Crippen LogP contribution in [-0.2, 0) is 9.47 Å². The van der Waals surface area contributed by atoms with E-state index in [0.29, 0.717) is 6.61 Å². The second-order valence-corrected chi connectivity index (χ2v) is 2.49. The van der Waals surface area contributed by atoms with Crippen LogP contribution in [-0.4, -0.2) is 26.4 Å². The van der Waals surface area contributed by atoms with Gasteiger partial charge in [-0.25, -0.2) is 0 Å². The van der Waals surface area contributed by atoms with Crippen LogP contribution in [0.25, 0.3) is 0 Å². The molecule has 10 heavy (non-hydrogen) atoms. The van der Waals surface area contributed by atoms with E-state index in [4.69, 9.17) is 9.47 Å². The lowest BCUT2D eigenvalue weighted by Gasteiger charge is -2.10. The summed E-state index contributed by atoms with van der Waals surface area (Å²) in [6, 6.07) is 0. The summed E-state index contributed by atoms with van der Waals surface area (Å²) in [5.41, 5.74) is 0. The van der Waals surface area contributed by atoms with Gasteiger partial charge in [-0.3, -0.25) is 0 Å². The average molecular weight is 146 g/mol. The number of methoxy groups -OCH3 is 1. The Morgan fingerprint density at radius 1 is 1.40 bits per heavy atom. The minimum absolute atomic E-state index is 0.247. The van der Waals surface area contributed by atoms with Gasteiger partial charge in [0, 0.05) is 13.7 Å². The maximum absolute atomic E-state index is 5.40. The molecule has 1 atom stereocenters. The molecule has 0 rings (SSSR count). The van der Waals surface area contributed by atoms with E-state index >= 15 is 0 Å². The average Bonchev–Trinajstić information content (AvgIpc) is 1.89. The van der Waals surface area contributed by atoms with Gasteiger partial charge in [0.15, 0.2) is 0 Å². The predicted molar refractivity (Wildman–Crippen MR) is 42.2 cm³/mol. The van der Waals surface area contributed by atoms with Gasteiger partial charge in [-0.05, 0) is 13.3 Å². The van der Waals surface area contributed by atoms with E-state index in [1.807, 2.05) is 6.92 Å². The van der Waals surface area contributed by atoms with Gasteiger partial charge in [0.25, 0.3) is 0 Å². The number of unbranched alkanes of at least 4 members (excludes halogenated alkanes) is 1. The van der Waals surface area contributed by atoms with Gasteiger partial charge in [-0.1, -0.05) is 13.3 Å². The van der Waals surface area contributed by atoms with Gasteiger partial charge in [-0.15, -0.1) is 0 Å². The van der Waals surface area contributed by atoms with Crippen LogP contribution in [0.3, 0.4) is 0 Å². The molecule has 1 unspecified atom stereocenters. The molecule has 0 bridgehead atoms. The van der Waals surface area contributed by atoms with E-state index in [-0.39, 0.29) is 6.10 Å². The lowest BCUT2D eigenvalue weighted by Crippen LogP contribution is -2.15. The van der Waals surface area contributed by atoms with Crippen molar-refractivity contribution in [3.63, 3.8) is 0 Å². The lowest BCUT2D eigenvalue weighted by molar-refractivity contribution is 0.00811. The van der Waals surface area contributed by atoms with Crippen molar-refractivity contribution in [2.24, 2.45) is 0 Å². The number of hydrogen-bond donors (Lipinski definition) is 0. The number of hydrogen-bond acceptors (Lipinski definition) is 2. The first kappa shape index (κ1) is 9.92. The molecule has 0 amide bonds. The summed E-state index contributed by atoms with van der Waals surface area (Å²) in [4.78, 5) is 0. The summed E-state index contributed by atoms with van der Waals surface area (Å²) in [6.45, 7) is 5.74. The molecule has 0 aromatic heterocycles. The summed E-state index contributed by atoms with van der Waals surface area (Å²) < 4.78 is 10.3. The molecule has 0 spiro atoms. The fourth-order valence-corrected chi connectivity index (χ4v) is 0.712. The molecule has 2 nitrogen and oxygen atoms in total. The topological polar surface area (TPSA) is 18.5 Å². The van der Waals surface area contributed by atoms with Crippen LogP contribution < -0.4 is 0 Å². The summed E-state index contributed by atoms with van der Waals surface area (Å²) in [5.74, 6) is 0. The highest BCUT2D eigenvalue weighted by molar-refractivity contribution is 4.45. The minimum Gasteiger partial charge on any atom is -0.382 e. The third kappa shape index (κ3) is 6.05. The molecule has 0 aliphatic carbocycles. The molecule has 2 heteroatoms. The molecule has 0 aliphatic heterocycles. The summed E-state index contributed by atoms with van der Waals surface area (Å²) in [5, 5.41) is 0. The van der Waals surface area contributed by atoms with E-state index in [9.17, 15) is 0 Å². The lowest BCUT2D eigenvalue weighted by atomic mass is 10.3. The van der Waals surface area contributed by atoms with Crippen molar-refractivity contribution >= 4 is 0 Å². The van der Waals surface area contributed by atoms with E-state index in [0.717, 1.165) is 13.0 Å². The molecule has 0 fully saturated rings. The molecular weight excluding hydrogens is 128 g/mol. The Morgan fingerprint density at radius 3 is 2.60 bits per heavy atom. The van der Waals surface area contributed by atoms with Crippen LogP contribution in [0.15, 0.2) is 0 Å².